The third-order valence-electron chi connectivity index (χ3n) is 4.37. The Bertz CT molecular complexity index is 818. The molecule has 0 aromatic heterocycles. The molecule has 1 atom stereocenters. The zero-order chi connectivity index (χ0) is 19.2. The fraction of sp³-hybridized carbons (Fsp3) is 0.300. The van der Waals surface area contributed by atoms with Crippen LogP contribution in [0.1, 0.15) is 29.9 Å². The first-order chi connectivity index (χ1) is 13.0. The van der Waals surface area contributed by atoms with Crippen molar-refractivity contribution in [1.29, 1.82) is 0 Å². The highest BCUT2D eigenvalue weighted by Gasteiger charge is 2.20. The molecule has 0 saturated heterocycles. The number of aliphatic carboxylic acids is 1. The molecule has 7 heteroatoms. The molecule has 0 saturated carbocycles. The summed E-state index contributed by atoms with van der Waals surface area (Å²) in [7, 11) is 1.56. The summed E-state index contributed by atoms with van der Waals surface area (Å²) in [4.78, 5) is 23.5. The SMILES string of the molecule is COc1ccc(C(CC(=O)O)CC(=O)NCc2ccc3c(c2)OCO3)cc1. The van der Waals surface area contributed by atoms with Gasteiger partial charge in [0.25, 0.3) is 0 Å². The summed E-state index contributed by atoms with van der Waals surface area (Å²) in [5.74, 6) is 0.453. The number of benzene rings is 2. The summed E-state index contributed by atoms with van der Waals surface area (Å²) in [6.07, 6.45) is -0.0348. The van der Waals surface area contributed by atoms with Gasteiger partial charge in [-0.2, -0.15) is 0 Å². The van der Waals surface area contributed by atoms with E-state index in [4.69, 9.17) is 14.2 Å². The van der Waals surface area contributed by atoms with Crippen LogP contribution in [0.25, 0.3) is 0 Å². The van der Waals surface area contributed by atoms with Crippen molar-refractivity contribution in [2.75, 3.05) is 13.9 Å². The van der Waals surface area contributed by atoms with Crippen LogP contribution in [-0.2, 0) is 16.1 Å². The number of fused-ring (bicyclic) bond motifs is 1. The van der Waals surface area contributed by atoms with Gasteiger partial charge >= 0.3 is 5.97 Å². The average molecular weight is 371 g/mol. The number of hydrogen-bond donors (Lipinski definition) is 2. The van der Waals surface area contributed by atoms with Gasteiger partial charge in [-0.3, -0.25) is 9.59 Å². The summed E-state index contributed by atoms with van der Waals surface area (Å²) in [5, 5.41) is 12.0. The number of amides is 1. The van der Waals surface area contributed by atoms with E-state index in [1.807, 2.05) is 12.1 Å². The molecule has 1 aliphatic heterocycles. The van der Waals surface area contributed by atoms with Gasteiger partial charge in [0.1, 0.15) is 5.75 Å². The van der Waals surface area contributed by atoms with Crippen LogP contribution in [-0.4, -0.2) is 30.9 Å². The van der Waals surface area contributed by atoms with Crippen molar-refractivity contribution >= 4 is 11.9 Å². The molecule has 2 N–H and O–H groups in total. The summed E-state index contributed by atoms with van der Waals surface area (Å²) < 4.78 is 15.7. The van der Waals surface area contributed by atoms with Crippen LogP contribution >= 0.6 is 0 Å². The van der Waals surface area contributed by atoms with E-state index >= 15 is 0 Å². The highest BCUT2D eigenvalue weighted by Crippen LogP contribution is 2.32. The molecule has 0 radical (unpaired) electrons. The van der Waals surface area contributed by atoms with Crippen molar-refractivity contribution in [1.82, 2.24) is 5.32 Å². The van der Waals surface area contributed by atoms with Crippen molar-refractivity contribution < 1.29 is 28.9 Å². The van der Waals surface area contributed by atoms with E-state index in [1.165, 1.54) is 0 Å². The molecular formula is C20H21NO6. The Labute approximate surface area is 156 Å². The van der Waals surface area contributed by atoms with Crippen molar-refractivity contribution in [2.45, 2.75) is 25.3 Å². The van der Waals surface area contributed by atoms with E-state index in [0.29, 0.717) is 23.8 Å². The van der Waals surface area contributed by atoms with Crippen LogP contribution < -0.4 is 19.5 Å². The average Bonchev–Trinajstić information content (AvgIpc) is 3.13. The van der Waals surface area contributed by atoms with Crippen molar-refractivity contribution in [2.24, 2.45) is 0 Å². The zero-order valence-corrected chi connectivity index (χ0v) is 14.9. The number of hydrogen-bond acceptors (Lipinski definition) is 5. The molecule has 142 valence electrons. The quantitative estimate of drug-likeness (QED) is 0.741. The molecule has 1 unspecified atom stereocenters. The van der Waals surface area contributed by atoms with Gasteiger partial charge in [-0.15, -0.1) is 0 Å². The molecule has 7 nitrogen and oxygen atoms in total. The van der Waals surface area contributed by atoms with E-state index < -0.39 is 11.9 Å². The summed E-state index contributed by atoms with van der Waals surface area (Å²) in [6, 6.07) is 12.6. The van der Waals surface area contributed by atoms with Gasteiger partial charge < -0.3 is 24.6 Å². The molecule has 0 bridgehead atoms. The first kappa shape index (κ1) is 18.6. The second kappa shape index (κ2) is 8.44. The largest absolute Gasteiger partial charge is 0.497 e. The monoisotopic (exact) mass is 371 g/mol. The molecule has 27 heavy (non-hydrogen) atoms. The van der Waals surface area contributed by atoms with Crippen molar-refractivity contribution in [3.8, 4) is 17.2 Å². The standard InChI is InChI=1S/C20H21NO6/c1-25-16-5-3-14(4-6-16)15(10-20(23)24)9-19(22)21-11-13-2-7-17-18(8-13)27-12-26-17/h2-8,15H,9-12H2,1H3,(H,21,22)(H,23,24). The maximum absolute atomic E-state index is 12.4. The Morgan fingerprint density at radius 1 is 1.11 bits per heavy atom. The van der Waals surface area contributed by atoms with Crippen LogP contribution in [0.4, 0.5) is 0 Å². The number of carbonyl (C=O) groups excluding carboxylic acids is 1. The Morgan fingerprint density at radius 3 is 2.56 bits per heavy atom. The van der Waals surface area contributed by atoms with Gasteiger partial charge in [0.05, 0.1) is 13.5 Å². The number of carboxylic acids is 1. The molecule has 2 aromatic carbocycles. The van der Waals surface area contributed by atoms with E-state index in [0.717, 1.165) is 11.1 Å². The number of carboxylic acid groups (broad SMARTS) is 1. The lowest BCUT2D eigenvalue weighted by atomic mass is 9.92. The Morgan fingerprint density at radius 2 is 1.85 bits per heavy atom. The lowest BCUT2D eigenvalue weighted by molar-refractivity contribution is -0.137. The molecule has 0 aliphatic carbocycles. The van der Waals surface area contributed by atoms with E-state index in [-0.39, 0.29) is 25.5 Å². The lowest BCUT2D eigenvalue weighted by Crippen LogP contribution is -2.25. The Kier molecular flexibility index (Phi) is 5.80. The first-order valence-corrected chi connectivity index (χ1v) is 8.56. The highest BCUT2D eigenvalue weighted by atomic mass is 16.7. The third kappa shape index (κ3) is 4.91. The summed E-state index contributed by atoms with van der Waals surface area (Å²) in [5.41, 5.74) is 1.67. The normalized spacial score (nSPS) is 13.1. The summed E-state index contributed by atoms with van der Waals surface area (Å²) in [6.45, 7) is 0.530. The fourth-order valence-electron chi connectivity index (χ4n) is 2.94. The van der Waals surface area contributed by atoms with Crippen LogP contribution in [0.2, 0.25) is 0 Å². The molecular weight excluding hydrogens is 350 g/mol. The topological polar surface area (TPSA) is 94.1 Å². The van der Waals surface area contributed by atoms with Crippen LogP contribution in [0.15, 0.2) is 42.5 Å². The van der Waals surface area contributed by atoms with Gasteiger partial charge in [0.15, 0.2) is 11.5 Å². The van der Waals surface area contributed by atoms with Crippen molar-refractivity contribution in [3.63, 3.8) is 0 Å². The van der Waals surface area contributed by atoms with Crippen LogP contribution in [0.3, 0.4) is 0 Å². The molecule has 0 spiro atoms. The minimum absolute atomic E-state index is 0.0865. The second-order valence-electron chi connectivity index (χ2n) is 6.24. The van der Waals surface area contributed by atoms with Gasteiger partial charge in [0, 0.05) is 18.9 Å². The molecule has 1 heterocycles. The lowest BCUT2D eigenvalue weighted by Gasteiger charge is -2.16. The highest BCUT2D eigenvalue weighted by molar-refractivity contribution is 5.78. The van der Waals surface area contributed by atoms with E-state index in [1.54, 1.807) is 37.4 Å². The zero-order valence-electron chi connectivity index (χ0n) is 14.9. The maximum atomic E-state index is 12.4. The third-order valence-corrected chi connectivity index (χ3v) is 4.37. The maximum Gasteiger partial charge on any atom is 0.303 e. The van der Waals surface area contributed by atoms with Crippen LogP contribution in [0, 0.1) is 0 Å². The van der Waals surface area contributed by atoms with E-state index in [2.05, 4.69) is 5.32 Å². The predicted octanol–water partition coefficient (Wildman–Crippen LogP) is 2.69. The minimum atomic E-state index is -0.945. The Balaban J connectivity index is 1.60. The molecule has 1 amide bonds. The number of rotatable bonds is 8. The van der Waals surface area contributed by atoms with E-state index in [9.17, 15) is 14.7 Å². The molecule has 3 rings (SSSR count). The fourth-order valence-corrected chi connectivity index (χ4v) is 2.94. The number of carbonyl (C=O) groups is 2. The molecule has 2 aromatic rings. The first-order valence-electron chi connectivity index (χ1n) is 8.56. The summed E-state index contributed by atoms with van der Waals surface area (Å²) >= 11 is 0. The molecule has 0 fully saturated rings. The Hall–Kier alpha value is -3.22. The van der Waals surface area contributed by atoms with Gasteiger partial charge in [-0.05, 0) is 35.4 Å². The number of ether oxygens (including phenoxy) is 3. The number of nitrogens with one attached hydrogen (secondary N) is 1. The molecule has 1 aliphatic rings. The van der Waals surface area contributed by atoms with Gasteiger partial charge in [-0.1, -0.05) is 18.2 Å². The second-order valence-corrected chi connectivity index (χ2v) is 6.24. The van der Waals surface area contributed by atoms with Gasteiger partial charge in [-0.25, -0.2) is 0 Å². The van der Waals surface area contributed by atoms with Crippen molar-refractivity contribution in [3.05, 3.63) is 53.6 Å². The van der Waals surface area contributed by atoms with Crippen LogP contribution in [0.5, 0.6) is 17.2 Å². The predicted molar refractivity (Wildman–Crippen MR) is 97.0 cm³/mol. The minimum Gasteiger partial charge on any atom is -0.497 e. The smallest absolute Gasteiger partial charge is 0.303 e. The number of methoxy groups -OCH3 is 1. The van der Waals surface area contributed by atoms with Gasteiger partial charge in [0.2, 0.25) is 12.7 Å².